The zero-order valence-corrected chi connectivity index (χ0v) is 19.6. The number of nitrogens with one attached hydrogen (secondary N) is 3. The molecule has 4 rings (SSSR count). The molecule has 2 heterocycles. The average molecular weight is 457 g/mol. The van der Waals surface area contributed by atoms with E-state index < -0.39 is 5.41 Å². The van der Waals surface area contributed by atoms with Gasteiger partial charge in [0, 0.05) is 28.9 Å². The second-order valence-electron chi connectivity index (χ2n) is 8.59. The molecule has 3 aromatic rings. The molecule has 1 saturated carbocycles. The van der Waals surface area contributed by atoms with Crippen LogP contribution in [0.3, 0.4) is 0 Å². The molecule has 34 heavy (non-hydrogen) atoms. The first-order chi connectivity index (χ1) is 16.4. The molecular weight excluding hydrogens is 428 g/mol. The standard InChI is InChI=1S/C25H28N8O/c1-5-34-23-15-27-14-21(30-23)17-6-9-20(18(12-17)13-26)29-16(2)25(3,4)22-10-11-28-24(31-22)33-32-19-7-8-19/h6,9-12,14-15,19,29,32H,2,5,7-8H2,1,3-4H3,(H,28,31,33). The number of allylic oxidation sites excluding steroid dienone is 1. The summed E-state index contributed by atoms with van der Waals surface area (Å²) in [7, 11) is 0. The van der Waals surface area contributed by atoms with E-state index in [1.165, 1.54) is 0 Å². The number of ether oxygens (including phenoxy) is 1. The molecule has 0 amide bonds. The largest absolute Gasteiger partial charge is 0.477 e. The molecule has 3 N–H and O–H groups in total. The SMILES string of the molecule is C=C(Nc1ccc(-c2cncc(OCC)n2)cc1C#N)C(C)(C)c1ccnc(NNC2CC2)n1. The van der Waals surface area contributed by atoms with Crippen molar-refractivity contribution in [2.24, 2.45) is 0 Å². The Morgan fingerprint density at radius 1 is 1.24 bits per heavy atom. The molecule has 9 heteroatoms. The van der Waals surface area contributed by atoms with Gasteiger partial charge in [-0.2, -0.15) is 5.26 Å². The molecule has 9 nitrogen and oxygen atoms in total. The first-order valence-corrected chi connectivity index (χ1v) is 11.2. The van der Waals surface area contributed by atoms with Crippen LogP contribution in [0.2, 0.25) is 0 Å². The molecule has 0 spiro atoms. The topological polar surface area (TPSA) is 121 Å². The van der Waals surface area contributed by atoms with Crippen LogP contribution in [0, 0.1) is 11.3 Å². The van der Waals surface area contributed by atoms with Crippen molar-refractivity contribution in [3.8, 4) is 23.2 Å². The van der Waals surface area contributed by atoms with Crippen molar-refractivity contribution in [1.82, 2.24) is 25.4 Å². The second kappa shape index (κ2) is 9.85. The van der Waals surface area contributed by atoms with Crippen molar-refractivity contribution in [1.29, 1.82) is 5.26 Å². The van der Waals surface area contributed by atoms with Gasteiger partial charge < -0.3 is 10.1 Å². The van der Waals surface area contributed by atoms with E-state index in [-0.39, 0.29) is 0 Å². The Kier molecular flexibility index (Phi) is 6.70. The summed E-state index contributed by atoms with van der Waals surface area (Å²) >= 11 is 0. The molecular formula is C25H28N8O. The van der Waals surface area contributed by atoms with E-state index in [1.807, 2.05) is 39.0 Å². The van der Waals surface area contributed by atoms with Crippen molar-refractivity contribution in [3.05, 3.63) is 66.4 Å². The van der Waals surface area contributed by atoms with Crippen LogP contribution >= 0.6 is 0 Å². The van der Waals surface area contributed by atoms with E-state index >= 15 is 0 Å². The van der Waals surface area contributed by atoms with Gasteiger partial charge in [-0.1, -0.05) is 12.6 Å². The van der Waals surface area contributed by atoms with Gasteiger partial charge >= 0.3 is 0 Å². The quantitative estimate of drug-likeness (QED) is 0.386. The van der Waals surface area contributed by atoms with Gasteiger partial charge in [-0.3, -0.25) is 10.4 Å². The van der Waals surface area contributed by atoms with Crippen molar-refractivity contribution >= 4 is 11.6 Å². The fourth-order valence-corrected chi connectivity index (χ4v) is 3.24. The minimum atomic E-state index is -0.526. The maximum absolute atomic E-state index is 9.79. The molecule has 1 fully saturated rings. The minimum Gasteiger partial charge on any atom is -0.477 e. The Hall–Kier alpha value is -4.03. The molecule has 0 atom stereocenters. The van der Waals surface area contributed by atoms with Crippen molar-refractivity contribution in [2.45, 2.75) is 45.1 Å². The number of rotatable bonds is 10. The lowest BCUT2D eigenvalue weighted by atomic mass is 9.85. The second-order valence-corrected chi connectivity index (χ2v) is 8.59. The molecule has 174 valence electrons. The predicted molar refractivity (Wildman–Crippen MR) is 131 cm³/mol. The number of benzene rings is 1. The third-order valence-corrected chi connectivity index (χ3v) is 5.64. The smallest absolute Gasteiger partial charge is 0.237 e. The molecule has 1 aliphatic carbocycles. The molecule has 0 aliphatic heterocycles. The summed E-state index contributed by atoms with van der Waals surface area (Å²) in [6, 6.07) is 10.1. The van der Waals surface area contributed by atoms with E-state index in [2.05, 4.69) is 48.8 Å². The van der Waals surface area contributed by atoms with Gasteiger partial charge in [-0.15, -0.1) is 0 Å². The average Bonchev–Trinajstić information content (AvgIpc) is 3.68. The third kappa shape index (κ3) is 5.30. The van der Waals surface area contributed by atoms with Gasteiger partial charge in [0.1, 0.15) is 6.07 Å². The highest BCUT2D eigenvalue weighted by Gasteiger charge is 2.28. The first kappa shape index (κ1) is 23.1. The number of nitrogens with zero attached hydrogens (tertiary/aromatic N) is 5. The van der Waals surface area contributed by atoms with Gasteiger partial charge in [0.25, 0.3) is 0 Å². The molecule has 0 bridgehead atoms. The lowest BCUT2D eigenvalue weighted by Gasteiger charge is -2.28. The summed E-state index contributed by atoms with van der Waals surface area (Å²) < 4.78 is 5.44. The maximum Gasteiger partial charge on any atom is 0.237 e. The zero-order valence-electron chi connectivity index (χ0n) is 19.6. The first-order valence-electron chi connectivity index (χ1n) is 11.2. The van der Waals surface area contributed by atoms with Crippen molar-refractivity contribution in [2.75, 3.05) is 17.3 Å². The van der Waals surface area contributed by atoms with E-state index in [0.29, 0.717) is 47.1 Å². The summed E-state index contributed by atoms with van der Waals surface area (Å²) in [6.45, 7) is 10.7. The van der Waals surface area contributed by atoms with Gasteiger partial charge in [-0.25, -0.2) is 20.4 Å². The normalized spacial score (nSPS) is 13.1. The number of hydrogen-bond acceptors (Lipinski definition) is 9. The van der Waals surface area contributed by atoms with Crippen LogP contribution in [0.25, 0.3) is 11.3 Å². The minimum absolute atomic E-state index is 0.446. The molecule has 1 aliphatic rings. The molecule has 2 aromatic heterocycles. The van der Waals surface area contributed by atoms with E-state index in [1.54, 1.807) is 24.7 Å². The Morgan fingerprint density at radius 2 is 2.06 bits per heavy atom. The summed E-state index contributed by atoms with van der Waals surface area (Å²) in [5.74, 6) is 0.963. The number of hydrazine groups is 1. The highest BCUT2D eigenvalue weighted by Crippen LogP contribution is 2.32. The fraction of sp³-hybridized carbons (Fsp3) is 0.320. The van der Waals surface area contributed by atoms with Crippen LogP contribution in [-0.4, -0.2) is 32.6 Å². The summed E-state index contributed by atoms with van der Waals surface area (Å²) in [5, 5.41) is 13.1. The van der Waals surface area contributed by atoms with Gasteiger partial charge in [0.05, 0.1) is 41.6 Å². The van der Waals surface area contributed by atoms with Crippen molar-refractivity contribution < 1.29 is 4.74 Å². The molecule has 0 radical (unpaired) electrons. The predicted octanol–water partition coefficient (Wildman–Crippen LogP) is 4.19. The number of nitriles is 1. The lowest BCUT2D eigenvalue weighted by molar-refractivity contribution is 0.325. The molecule has 0 unspecified atom stereocenters. The van der Waals surface area contributed by atoms with Crippen LogP contribution in [0.5, 0.6) is 5.88 Å². The summed E-state index contributed by atoms with van der Waals surface area (Å²) in [4.78, 5) is 17.6. The maximum atomic E-state index is 9.79. The Labute approximate surface area is 199 Å². The van der Waals surface area contributed by atoms with Crippen LogP contribution < -0.4 is 20.9 Å². The van der Waals surface area contributed by atoms with Crippen LogP contribution in [-0.2, 0) is 5.41 Å². The summed E-state index contributed by atoms with van der Waals surface area (Å²) in [5.41, 5.74) is 9.78. The summed E-state index contributed by atoms with van der Waals surface area (Å²) in [6.07, 6.45) is 7.25. The van der Waals surface area contributed by atoms with Crippen LogP contribution in [0.1, 0.15) is 44.9 Å². The van der Waals surface area contributed by atoms with Crippen molar-refractivity contribution in [3.63, 3.8) is 0 Å². The monoisotopic (exact) mass is 456 g/mol. The van der Waals surface area contributed by atoms with Crippen LogP contribution in [0.4, 0.5) is 11.6 Å². The molecule has 1 aromatic carbocycles. The van der Waals surface area contributed by atoms with E-state index in [4.69, 9.17) is 4.74 Å². The third-order valence-electron chi connectivity index (χ3n) is 5.64. The van der Waals surface area contributed by atoms with E-state index in [0.717, 1.165) is 24.1 Å². The lowest BCUT2D eigenvalue weighted by Crippen LogP contribution is -2.29. The molecule has 0 saturated heterocycles. The highest BCUT2D eigenvalue weighted by molar-refractivity contribution is 5.70. The zero-order chi connectivity index (χ0) is 24.1. The Morgan fingerprint density at radius 3 is 2.79 bits per heavy atom. The van der Waals surface area contributed by atoms with Gasteiger partial charge in [0.2, 0.25) is 11.8 Å². The van der Waals surface area contributed by atoms with E-state index in [9.17, 15) is 5.26 Å². The Balaban J connectivity index is 1.52. The number of anilines is 2. The highest BCUT2D eigenvalue weighted by atomic mass is 16.5. The van der Waals surface area contributed by atoms with Crippen LogP contribution in [0.15, 0.2) is 55.1 Å². The number of hydrogen-bond donors (Lipinski definition) is 3. The fourth-order valence-electron chi connectivity index (χ4n) is 3.24. The number of aromatic nitrogens is 4. The van der Waals surface area contributed by atoms with Gasteiger partial charge in [0.15, 0.2) is 0 Å². The Bertz CT molecular complexity index is 1230. The van der Waals surface area contributed by atoms with Gasteiger partial charge in [-0.05, 0) is 51.8 Å².